The Bertz CT molecular complexity index is 263. The number of unbranched alkanes of at least 4 members (excludes halogenated alkanes) is 11. The fraction of sp³-hybridized carbons (Fsp3) is 0.714. The van der Waals surface area contributed by atoms with Gasteiger partial charge in [-0.05, 0) is 6.92 Å². The average Bonchev–Trinajstić information content (AvgIpc) is 2.51. The van der Waals surface area contributed by atoms with Gasteiger partial charge >= 0.3 is 0 Å². The zero-order valence-corrected chi connectivity index (χ0v) is 14.9. The van der Waals surface area contributed by atoms with Gasteiger partial charge in [0.1, 0.15) is 0 Å². The molecular weight excluding hydrogens is 252 g/mol. The molecule has 1 aromatic rings. The molecule has 0 heteroatoms. The van der Waals surface area contributed by atoms with Crippen LogP contribution in [0.15, 0.2) is 30.3 Å². The van der Waals surface area contributed by atoms with Crippen LogP contribution in [0.25, 0.3) is 0 Å². The van der Waals surface area contributed by atoms with Gasteiger partial charge in [-0.2, -0.15) is 0 Å². The maximum atomic E-state index is 2.29. The van der Waals surface area contributed by atoms with Crippen molar-refractivity contribution in [2.75, 3.05) is 0 Å². The molecule has 0 bridgehead atoms. The van der Waals surface area contributed by atoms with Crippen molar-refractivity contribution in [3.05, 3.63) is 35.9 Å². The summed E-state index contributed by atoms with van der Waals surface area (Å²) in [7, 11) is 0. The van der Waals surface area contributed by atoms with Crippen LogP contribution < -0.4 is 0 Å². The van der Waals surface area contributed by atoms with Gasteiger partial charge in [0.2, 0.25) is 0 Å². The largest absolute Gasteiger partial charge is 0.0654 e. The van der Waals surface area contributed by atoms with E-state index in [0.717, 1.165) is 0 Å². The van der Waals surface area contributed by atoms with Crippen LogP contribution in [-0.4, -0.2) is 0 Å². The molecule has 0 atom stereocenters. The van der Waals surface area contributed by atoms with Gasteiger partial charge in [0.25, 0.3) is 0 Å². The first kappa shape index (κ1) is 20.2. The van der Waals surface area contributed by atoms with Gasteiger partial charge in [0, 0.05) is 0 Å². The van der Waals surface area contributed by atoms with Crippen LogP contribution in [0.3, 0.4) is 0 Å². The second kappa shape index (κ2) is 17.3. The summed E-state index contributed by atoms with van der Waals surface area (Å²) >= 11 is 0. The van der Waals surface area contributed by atoms with Crippen molar-refractivity contribution >= 4 is 0 Å². The maximum Gasteiger partial charge on any atom is -0.0398 e. The Morgan fingerprint density at radius 3 is 1.10 bits per heavy atom. The third-order valence-electron chi connectivity index (χ3n) is 3.90. The van der Waals surface area contributed by atoms with Crippen molar-refractivity contribution in [1.29, 1.82) is 0 Å². The van der Waals surface area contributed by atoms with Gasteiger partial charge in [-0.15, -0.1) is 0 Å². The first-order chi connectivity index (χ1) is 10.3. The summed E-state index contributed by atoms with van der Waals surface area (Å²) in [5, 5.41) is 0. The summed E-state index contributed by atoms with van der Waals surface area (Å²) in [5.74, 6) is 0. The second-order valence-corrected chi connectivity index (χ2v) is 6.19. The van der Waals surface area contributed by atoms with E-state index in [1.807, 2.05) is 18.2 Å². The van der Waals surface area contributed by atoms with E-state index < -0.39 is 0 Å². The normalized spacial score (nSPS) is 10.0. The van der Waals surface area contributed by atoms with Crippen LogP contribution in [0.5, 0.6) is 0 Å². The van der Waals surface area contributed by atoms with E-state index in [2.05, 4.69) is 32.9 Å². The molecule has 0 saturated heterocycles. The number of rotatable bonds is 11. The molecule has 1 rings (SSSR count). The monoisotopic (exact) mass is 290 g/mol. The second-order valence-electron chi connectivity index (χ2n) is 6.19. The predicted octanol–water partition coefficient (Wildman–Crippen LogP) is 7.70. The van der Waals surface area contributed by atoms with E-state index in [9.17, 15) is 0 Å². The predicted molar refractivity (Wildman–Crippen MR) is 97.9 cm³/mol. The highest BCUT2D eigenvalue weighted by Gasteiger charge is 1.91. The summed E-state index contributed by atoms with van der Waals surface area (Å²) in [6, 6.07) is 10.3. The van der Waals surface area contributed by atoms with Crippen LogP contribution >= 0.6 is 0 Å². The van der Waals surface area contributed by atoms with Crippen LogP contribution in [0.1, 0.15) is 96.5 Å². The number of hydrogen-bond acceptors (Lipinski definition) is 0. The maximum absolute atomic E-state index is 2.29. The van der Waals surface area contributed by atoms with Crippen molar-refractivity contribution in [2.45, 2.75) is 97.8 Å². The topological polar surface area (TPSA) is 0 Å². The summed E-state index contributed by atoms with van der Waals surface area (Å²) < 4.78 is 0. The first-order valence-electron chi connectivity index (χ1n) is 9.32. The smallest absolute Gasteiger partial charge is 0.0398 e. The summed E-state index contributed by atoms with van der Waals surface area (Å²) in [6.07, 6.45) is 17.4. The molecule has 122 valence electrons. The molecule has 0 N–H and O–H groups in total. The molecule has 21 heavy (non-hydrogen) atoms. The lowest BCUT2D eigenvalue weighted by Crippen LogP contribution is -1.81. The Morgan fingerprint density at radius 2 is 0.857 bits per heavy atom. The quantitative estimate of drug-likeness (QED) is 0.366. The lowest BCUT2D eigenvalue weighted by Gasteiger charge is -2.01. The van der Waals surface area contributed by atoms with E-state index in [0.29, 0.717) is 0 Å². The van der Waals surface area contributed by atoms with Crippen LogP contribution in [0.2, 0.25) is 0 Å². The Hall–Kier alpha value is -0.780. The molecule has 0 aliphatic heterocycles. The van der Waals surface area contributed by atoms with E-state index in [1.165, 1.54) is 82.6 Å². The van der Waals surface area contributed by atoms with Gasteiger partial charge < -0.3 is 0 Å². The molecule has 0 amide bonds. The van der Waals surface area contributed by atoms with E-state index in [4.69, 9.17) is 0 Å². The molecule has 0 nitrogen and oxygen atoms in total. The molecule has 0 fully saturated rings. The molecule has 0 spiro atoms. The lowest BCUT2D eigenvalue weighted by molar-refractivity contribution is 0.548. The minimum atomic E-state index is 1.32. The number of aryl methyl sites for hydroxylation is 1. The van der Waals surface area contributed by atoms with E-state index in [1.54, 1.807) is 0 Å². The summed E-state index contributed by atoms with van der Waals surface area (Å²) in [4.78, 5) is 0. The molecular formula is C21H38. The van der Waals surface area contributed by atoms with E-state index >= 15 is 0 Å². The minimum Gasteiger partial charge on any atom is -0.0654 e. The summed E-state index contributed by atoms with van der Waals surface area (Å²) in [6.45, 7) is 6.65. The Kier molecular flexibility index (Phi) is 16.6. The Balaban J connectivity index is 0.000000471. The minimum absolute atomic E-state index is 1.32. The highest BCUT2D eigenvalue weighted by atomic mass is 14.0. The van der Waals surface area contributed by atoms with Crippen molar-refractivity contribution in [2.24, 2.45) is 0 Å². The standard InChI is InChI=1S/C14H30.C7H8/c1-3-5-7-9-11-13-14-12-10-8-6-4-2;1-7-5-3-2-4-6-7/h3-14H2,1-2H3;2-6H,1H3. The average molecular weight is 291 g/mol. The lowest BCUT2D eigenvalue weighted by atomic mass is 10.1. The fourth-order valence-corrected chi connectivity index (χ4v) is 2.45. The van der Waals surface area contributed by atoms with Crippen molar-refractivity contribution in [1.82, 2.24) is 0 Å². The molecule has 0 aromatic heterocycles. The van der Waals surface area contributed by atoms with Crippen molar-refractivity contribution in [3.8, 4) is 0 Å². The number of benzene rings is 1. The van der Waals surface area contributed by atoms with Gasteiger partial charge in [-0.1, -0.05) is 127 Å². The summed E-state index contributed by atoms with van der Waals surface area (Å²) in [5.41, 5.74) is 1.32. The first-order valence-corrected chi connectivity index (χ1v) is 9.32. The third-order valence-corrected chi connectivity index (χ3v) is 3.90. The fourth-order valence-electron chi connectivity index (χ4n) is 2.45. The van der Waals surface area contributed by atoms with Gasteiger partial charge in [0.05, 0.1) is 0 Å². The molecule has 0 unspecified atom stereocenters. The highest BCUT2D eigenvalue weighted by molar-refractivity contribution is 5.11. The van der Waals surface area contributed by atoms with Gasteiger partial charge in [-0.25, -0.2) is 0 Å². The molecule has 0 aliphatic carbocycles. The van der Waals surface area contributed by atoms with E-state index in [-0.39, 0.29) is 0 Å². The Morgan fingerprint density at radius 1 is 0.524 bits per heavy atom. The van der Waals surface area contributed by atoms with Crippen molar-refractivity contribution in [3.63, 3.8) is 0 Å². The van der Waals surface area contributed by atoms with Crippen LogP contribution in [0.4, 0.5) is 0 Å². The molecule has 0 radical (unpaired) electrons. The SMILES string of the molecule is CCCCCCCCCCCCCC.Cc1ccccc1. The molecule has 1 aromatic carbocycles. The Labute approximate surface area is 134 Å². The molecule has 0 saturated carbocycles. The number of hydrogen-bond donors (Lipinski definition) is 0. The zero-order valence-electron chi connectivity index (χ0n) is 14.9. The third kappa shape index (κ3) is 17.2. The van der Waals surface area contributed by atoms with Gasteiger partial charge in [-0.3, -0.25) is 0 Å². The molecule has 0 heterocycles. The van der Waals surface area contributed by atoms with Crippen LogP contribution in [-0.2, 0) is 0 Å². The molecule has 0 aliphatic rings. The van der Waals surface area contributed by atoms with Gasteiger partial charge in [0.15, 0.2) is 0 Å². The van der Waals surface area contributed by atoms with Crippen LogP contribution in [0, 0.1) is 6.92 Å². The highest BCUT2D eigenvalue weighted by Crippen LogP contribution is 2.11. The van der Waals surface area contributed by atoms with Crippen molar-refractivity contribution < 1.29 is 0 Å². The zero-order chi connectivity index (χ0) is 15.6.